The van der Waals surface area contributed by atoms with Crippen molar-refractivity contribution in [3.05, 3.63) is 58.3 Å². The number of halogens is 2. The lowest BCUT2D eigenvalue weighted by atomic mass is 10.0. The second-order valence-electron chi connectivity index (χ2n) is 6.29. The molecule has 26 heavy (non-hydrogen) atoms. The Labute approximate surface area is 161 Å². The number of aromatic nitrogens is 2. The number of aromatic amines is 1. The molecule has 3 rings (SSSR count). The summed E-state index contributed by atoms with van der Waals surface area (Å²) >= 11 is 11.9. The molecule has 0 radical (unpaired) electrons. The molecule has 0 aliphatic carbocycles. The molecule has 1 amide bonds. The van der Waals surface area contributed by atoms with Gasteiger partial charge < -0.3 is 15.0 Å². The molecule has 0 bridgehead atoms. The molecule has 136 valence electrons. The summed E-state index contributed by atoms with van der Waals surface area (Å²) in [6, 6.07) is 12.4. The average molecular weight is 392 g/mol. The van der Waals surface area contributed by atoms with Gasteiger partial charge in [0.05, 0.1) is 22.1 Å². The van der Waals surface area contributed by atoms with E-state index in [0.29, 0.717) is 15.8 Å². The topological polar surface area (TPSA) is 67.0 Å². The van der Waals surface area contributed by atoms with Crippen molar-refractivity contribution in [2.24, 2.45) is 5.92 Å². The van der Waals surface area contributed by atoms with Crippen LogP contribution in [0.15, 0.2) is 42.5 Å². The second-order valence-corrected chi connectivity index (χ2v) is 7.14. The molecule has 2 aromatic carbocycles. The number of amides is 1. The van der Waals surface area contributed by atoms with Crippen LogP contribution in [0.3, 0.4) is 0 Å². The Morgan fingerprint density at radius 3 is 2.69 bits per heavy atom. The minimum absolute atomic E-state index is 0.148. The molecule has 1 aromatic heterocycles. The van der Waals surface area contributed by atoms with E-state index in [1.54, 1.807) is 18.2 Å². The first kappa shape index (κ1) is 18.5. The maximum atomic E-state index is 12.4. The van der Waals surface area contributed by atoms with Crippen LogP contribution in [0.2, 0.25) is 10.0 Å². The number of hydrogen-bond donors (Lipinski definition) is 2. The van der Waals surface area contributed by atoms with Crippen molar-refractivity contribution in [3.63, 3.8) is 0 Å². The number of carbonyl (C=O) groups excluding carboxylic acids is 1. The third-order valence-corrected chi connectivity index (χ3v) is 4.47. The van der Waals surface area contributed by atoms with Gasteiger partial charge in [-0.3, -0.25) is 4.79 Å². The number of hydrogen-bond acceptors (Lipinski definition) is 3. The lowest BCUT2D eigenvalue weighted by molar-refractivity contribution is -0.124. The smallest absolute Gasteiger partial charge is 0.258 e. The van der Waals surface area contributed by atoms with Gasteiger partial charge in [0.1, 0.15) is 11.6 Å². The summed E-state index contributed by atoms with van der Waals surface area (Å²) < 4.78 is 5.50. The fraction of sp³-hybridized carbons (Fsp3) is 0.263. The summed E-state index contributed by atoms with van der Waals surface area (Å²) in [5.41, 5.74) is 1.80. The molecule has 5 nitrogen and oxygen atoms in total. The number of nitrogens with zero attached hydrogens (tertiary/aromatic N) is 1. The monoisotopic (exact) mass is 391 g/mol. The van der Waals surface area contributed by atoms with Crippen LogP contribution in [0.5, 0.6) is 5.75 Å². The van der Waals surface area contributed by atoms with Crippen molar-refractivity contribution in [2.75, 3.05) is 6.61 Å². The number of rotatable bonds is 6. The van der Waals surface area contributed by atoms with E-state index in [9.17, 15) is 4.79 Å². The molecule has 0 spiro atoms. The van der Waals surface area contributed by atoms with Gasteiger partial charge >= 0.3 is 0 Å². The van der Waals surface area contributed by atoms with Gasteiger partial charge in [0.15, 0.2) is 6.61 Å². The van der Waals surface area contributed by atoms with Gasteiger partial charge in [-0.2, -0.15) is 0 Å². The Morgan fingerprint density at radius 2 is 2.00 bits per heavy atom. The fourth-order valence-corrected chi connectivity index (χ4v) is 3.08. The average Bonchev–Trinajstić information content (AvgIpc) is 3.02. The second kappa shape index (κ2) is 7.98. The molecule has 0 saturated heterocycles. The predicted octanol–water partition coefficient (Wildman–Crippen LogP) is 4.76. The summed E-state index contributed by atoms with van der Waals surface area (Å²) in [6.07, 6.45) is 0. The van der Waals surface area contributed by atoms with Crippen LogP contribution in [-0.2, 0) is 4.79 Å². The lowest BCUT2D eigenvalue weighted by Crippen LogP contribution is -2.35. The van der Waals surface area contributed by atoms with E-state index in [2.05, 4.69) is 15.3 Å². The molecule has 0 aliphatic rings. The van der Waals surface area contributed by atoms with Gasteiger partial charge in [-0.1, -0.05) is 49.2 Å². The zero-order valence-electron chi connectivity index (χ0n) is 14.4. The van der Waals surface area contributed by atoms with E-state index in [0.717, 1.165) is 16.9 Å². The van der Waals surface area contributed by atoms with E-state index in [1.807, 2.05) is 38.1 Å². The van der Waals surface area contributed by atoms with Crippen molar-refractivity contribution in [2.45, 2.75) is 19.9 Å². The van der Waals surface area contributed by atoms with E-state index >= 15 is 0 Å². The van der Waals surface area contributed by atoms with Gasteiger partial charge in [0.2, 0.25) is 0 Å². The van der Waals surface area contributed by atoms with E-state index < -0.39 is 0 Å². The molecule has 0 saturated carbocycles. The highest BCUT2D eigenvalue weighted by Crippen LogP contribution is 2.27. The van der Waals surface area contributed by atoms with Crippen LogP contribution in [0.25, 0.3) is 11.0 Å². The van der Waals surface area contributed by atoms with Gasteiger partial charge in [0, 0.05) is 5.02 Å². The molecule has 0 aliphatic heterocycles. The standard InChI is InChI=1S/C19H19Cl2N3O2/c1-11(2)18(19-22-14-5-3-4-6-15(14)23-19)24-17(25)10-26-16-8-7-12(20)9-13(16)21/h3-9,11,18H,10H2,1-2H3,(H,22,23)(H,24,25). The highest BCUT2D eigenvalue weighted by molar-refractivity contribution is 6.35. The highest BCUT2D eigenvalue weighted by atomic mass is 35.5. The third kappa shape index (κ3) is 4.29. The highest BCUT2D eigenvalue weighted by Gasteiger charge is 2.22. The molecule has 1 atom stereocenters. The van der Waals surface area contributed by atoms with Gasteiger partial charge in [-0.05, 0) is 36.2 Å². The number of carbonyl (C=O) groups is 1. The summed E-state index contributed by atoms with van der Waals surface area (Å²) in [5, 5.41) is 3.84. The molecule has 1 heterocycles. The molecule has 1 unspecified atom stereocenters. The molecule has 3 aromatic rings. The Balaban J connectivity index is 1.68. The Morgan fingerprint density at radius 1 is 1.23 bits per heavy atom. The van der Waals surface area contributed by atoms with Crippen molar-refractivity contribution in [1.29, 1.82) is 0 Å². The summed E-state index contributed by atoms with van der Waals surface area (Å²) in [4.78, 5) is 20.2. The number of benzene rings is 2. The predicted molar refractivity (Wildman–Crippen MR) is 104 cm³/mol. The number of imidazole rings is 1. The maximum Gasteiger partial charge on any atom is 0.258 e. The first-order valence-corrected chi connectivity index (χ1v) is 9.01. The molecule has 2 N–H and O–H groups in total. The number of ether oxygens (including phenoxy) is 1. The number of H-pyrrole nitrogens is 1. The zero-order valence-corrected chi connectivity index (χ0v) is 15.9. The summed E-state index contributed by atoms with van der Waals surface area (Å²) in [5.74, 6) is 1.03. The molecular formula is C19H19Cl2N3O2. The SMILES string of the molecule is CC(C)C(NC(=O)COc1ccc(Cl)cc1Cl)c1nc2ccccc2[nH]1. The van der Waals surface area contributed by atoms with Crippen LogP contribution < -0.4 is 10.1 Å². The van der Waals surface area contributed by atoms with E-state index in [-0.39, 0.29) is 24.5 Å². The third-order valence-electron chi connectivity index (χ3n) is 3.94. The minimum Gasteiger partial charge on any atom is -0.482 e. The Hall–Kier alpha value is -2.24. The normalized spacial score (nSPS) is 12.3. The van der Waals surface area contributed by atoms with Crippen LogP contribution in [0.1, 0.15) is 25.7 Å². The van der Waals surface area contributed by atoms with Gasteiger partial charge in [-0.15, -0.1) is 0 Å². The van der Waals surface area contributed by atoms with Gasteiger partial charge in [-0.25, -0.2) is 4.98 Å². The van der Waals surface area contributed by atoms with E-state index in [1.165, 1.54) is 0 Å². The zero-order chi connectivity index (χ0) is 18.7. The first-order chi connectivity index (χ1) is 12.4. The summed E-state index contributed by atoms with van der Waals surface area (Å²) in [6.45, 7) is 3.90. The molecular weight excluding hydrogens is 373 g/mol. The first-order valence-electron chi connectivity index (χ1n) is 8.26. The minimum atomic E-state index is -0.254. The number of nitrogens with one attached hydrogen (secondary N) is 2. The Kier molecular flexibility index (Phi) is 5.69. The largest absolute Gasteiger partial charge is 0.482 e. The van der Waals surface area contributed by atoms with Crippen molar-refractivity contribution in [3.8, 4) is 5.75 Å². The maximum absolute atomic E-state index is 12.4. The number of fused-ring (bicyclic) bond motifs is 1. The molecule has 0 fully saturated rings. The van der Waals surface area contributed by atoms with Crippen molar-refractivity contribution in [1.82, 2.24) is 15.3 Å². The van der Waals surface area contributed by atoms with Crippen LogP contribution in [0, 0.1) is 5.92 Å². The van der Waals surface area contributed by atoms with Crippen LogP contribution in [-0.4, -0.2) is 22.5 Å². The fourth-order valence-electron chi connectivity index (χ4n) is 2.62. The van der Waals surface area contributed by atoms with E-state index in [4.69, 9.17) is 27.9 Å². The van der Waals surface area contributed by atoms with Crippen LogP contribution >= 0.6 is 23.2 Å². The lowest BCUT2D eigenvalue weighted by Gasteiger charge is -2.20. The van der Waals surface area contributed by atoms with Gasteiger partial charge in [0.25, 0.3) is 5.91 Å². The molecule has 7 heteroatoms. The summed E-state index contributed by atoms with van der Waals surface area (Å²) in [7, 11) is 0. The Bertz CT molecular complexity index is 891. The number of para-hydroxylation sites is 2. The van der Waals surface area contributed by atoms with Crippen molar-refractivity contribution >= 4 is 40.1 Å². The van der Waals surface area contributed by atoms with Crippen molar-refractivity contribution < 1.29 is 9.53 Å². The quantitative estimate of drug-likeness (QED) is 0.636. The van der Waals surface area contributed by atoms with Crippen LogP contribution in [0.4, 0.5) is 0 Å².